The largest absolute Gasteiger partial charge is 0.447 e. The third-order valence-corrected chi connectivity index (χ3v) is 5.31. The number of carbonyl (C=O) groups is 2. The molecule has 3 unspecified atom stereocenters. The highest BCUT2D eigenvalue weighted by Gasteiger charge is 2.36. The summed E-state index contributed by atoms with van der Waals surface area (Å²) in [5, 5.41) is 0.672. The second-order valence-electron chi connectivity index (χ2n) is 7.01. The number of hydrogen-bond acceptors (Lipinski definition) is 4. The Morgan fingerprint density at radius 1 is 1.24 bits per heavy atom. The summed E-state index contributed by atoms with van der Waals surface area (Å²) in [7, 11) is 0. The van der Waals surface area contributed by atoms with Crippen molar-refractivity contribution in [3.8, 4) is 0 Å². The van der Waals surface area contributed by atoms with Crippen molar-refractivity contribution in [3.05, 3.63) is 34.9 Å². The number of halogens is 1. The first-order valence-electron chi connectivity index (χ1n) is 8.82. The smallest absolute Gasteiger partial charge is 0.416 e. The van der Waals surface area contributed by atoms with Crippen molar-refractivity contribution in [2.24, 2.45) is 5.92 Å². The molecule has 2 heterocycles. The van der Waals surface area contributed by atoms with E-state index >= 15 is 0 Å². The van der Waals surface area contributed by atoms with E-state index in [0.717, 1.165) is 18.4 Å². The predicted molar refractivity (Wildman–Crippen MR) is 94.6 cm³/mol. The molecule has 0 spiro atoms. The first kappa shape index (κ1) is 18.2. The van der Waals surface area contributed by atoms with Crippen LogP contribution in [0.4, 0.5) is 4.79 Å². The molecular formula is C19H24ClNO4. The molecule has 3 rings (SSSR count). The number of ether oxygens (including phenoxy) is 2. The summed E-state index contributed by atoms with van der Waals surface area (Å²) in [6, 6.07) is 7.66. The van der Waals surface area contributed by atoms with Gasteiger partial charge in [-0.2, -0.15) is 0 Å². The maximum atomic E-state index is 12.7. The molecule has 3 atom stereocenters. The average Bonchev–Trinajstić information content (AvgIpc) is 2.98. The zero-order valence-electron chi connectivity index (χ0n) is 14.6. The molecule has 2 aliphatic rings. The van der Waals surface area contributed by atoms with Gasteiger partial charge in [0.1, 0.15) is 6.61 Å². The van der Waals surface area contributed by atoms with Crippen LogP contribution in [-0.4, -0.2) is 42.3 Å². The Balaban J connectivity index is 1.82. The Morgan fingerprint density at radius 3 is 2.44 bits per heavy atom. The zero-order chi connectivity index (χ0) is 18.0. The second-order valence-corrected chi connectivity index (χ2v) is 7.45. The van der Waals surface area contributed by atoms with E-state index in [-0.39, 0.29) is 30.6 Å². The van der Waals surface area contributed by atoms with Gasteiger partial charge in [0, 0.05) is 11.4 Å². The zero-order valence-corrected chi connectivity index (χ0v) is 15.4. The van der Waals surface area contributed by atoms with Crippen molar-refractivity contribution in [2.45, 2.75) is 51.2 Å². The van der Waals surface area contributed by atoms with Crippen LogP contribution in [0.1, 0.15) is 44.6 Å². The van der Waals surface area contributed by atoms with Gasteiger partial charge >= 0.3 is 6.09 Å². The van der Waals surface area contributed by atoms with E-state index in [4.69, 9.17) is 21.1 Å². The molecule has 0 aromatic heterocycles. The highest BCUT2D eigenvalue weighted by Crippen LogP contribution is 2.39. The highest BCUT2D eigenvalue weighted by atomic mass is 35.5. The van der Waals surface area contributed by atoms with Gasteiger partial charge in [0.15, 0.2) is 0 Å². The fourth-order valence-electron chi connectivity index (χ4n) is 3.97. The van der Waals surface area contributed by atoms with Gasteiger partial charge in [-0.3, -0.25) is 4.79 Å². The van der Waals surface area contributed by atoms with E-state index in [1.54, 1.807) is 0 Å². The first-order valence-corrected chi connectivity index (χ1v) is 9.20. The number of amides is 2. The fraction of sp³-hybridized carbons (Fsp3) is 0.579. The van der Waals surface area contributed by atoms with Gasteiger partial charge in [0.2, 0.25) is 5.91 Å². The van der Waals surface area contributed by atoms with Gasteiger partial charge in [-0.05, 0) is 56.2 Å². The SMILES string of the molecule is CC1CC(C(CC(=O)N2CCOC2=O)c2ccc(Cl)cc2)CC(C)O1. The minimum atomic E-state index is -0.534. The Bertz CT molecular complexity index is 623. The van der Waals surface area contributed by atoms with Crippen LogP contribution in [0.15, 0.2) is 24.3 Å². The number of nitrogens with zero attached hydrogens (tertiary/aromatic N) is 1. The average molecular weight is 366 g/mol. The third kappa shape index (κ3) is 4.33. The number of cyclic esters (lactones) is 1. The molecule has 0 saturated carbocycles. The van der Waals surface area contributed by atoms with E-state index < -0.39 is 6.09 Å². The molecule has 1 aromatic rings. The molecule has 2 aliphatic heterocycles. The summed E-state index contributed by atoms with van der Waals surface area (Å²) < 4.78 is 10.8. The van der Waals surface area contributed by atoms with E-state index in [9.17, 15) is 9.59 Å². The lowest BCUT2D eigenvalue weighted by atomic mass is 9.76. The monoisotopic (exact) mass is 365 g/mol. The molecule has 0 radical (unpaired) electrons. The molecule has 2 amide bonds. The number of carbonyl (C=O) groups excluding carboxylic acids is 2. The molecule has 136 valence electrons. The molecule has 2 saturated heterocycles. The van der Waals surface area contributed by atoms with Crippen LogP contribution < -0.4 is 0 Å². The van der Waals surface area contributed by atoms with Crippen LogP contribution in [-0.2, 0) is 14.3 Å². The van der Waals surface area contributed by atoms with Crippen LogP contribution >= 0.6 is 11.6 Å². The van der Waals surface area contributed by atoms with Gasteiger partial charge in [0.25, 0.3) is 0 Å². The van der Waals surface area contributed by atoms with Gasteiger partial charge in [-0.1, -0.05) is 23.7 Å². The first-order chi connectivity index (χ1) is 11.9. The van der Waals surface area contributed by atoms with E-state index in [1.807, 2.05) is 24.3 Å². The third-order valence-electron chi connectivity index (χ3n) is 5.06. The Morgan fingerprint density at radius 2 is 1.88 bits per heavy atom. The van der Waals surface area contributed by atoms with Crippen LogP contribution in [0.25, 0.3) is 0 Å². The van der Waals surface area contributed by atoms with Crippen LogP contribution in [0, 0.1) is 5.92 Å². The topological polar surface area (TPSA) is 55.8 Å². The van der Waals surface area contributed by atoms with E-state index in [0.29, 0.717) is 23.9 Å². The summed E-state index contributed by atoms with van der Waals surface area (Å²) >= 11 is 6.02. The molecule has 0 N–H and O–H groups in total. The number of hydrogen-bond donors (Lipinski definition) is 0. The Kier molecular flexibility index (Phi) is 5.64. The normalized spacial score (nSPS) is 27.9. The summed E-state index contributed by atoms with van der Waals surface area (Å²) in [4.78, 5) is 25.6. The number of imide groups is 1. The number of rotatable bonds is 4. The lowest BCUT2D eigenvalue weighted by molar-refractivity contribution is -0.129. The van der Waals surface area contributed by atoms with E-state index in [2.05, 4.69) is 13.8 Å². The van der Waals surface area contributed by atoms with Crippen molar-refractivity contribution in [1.82, 2.24) is 4.90 Å². The predicted octanol–water partition coefficient (Wildman–Crippen LogP) is 4.00. The van der Waals surface area contributed by atoms with Crippen molar-refractivity contribution in [2.75, 3.05) is 13.2 Å². The van der Waals surface area contributed by atoms with Crippen LogP contribution in [0.5, 0.6) is 0 Å². The summed E-state index contributed by atoms with van der Waals surface area (Å²) in [5.41, 5.74) is 1.08. The molecular weight excluding hydrogens is 342 g/mol. The van der Waals surface area contributed by atoms with Gasteiger partial charge in [-0.15, -0.1) is 0 Å². The Hall–Kier alpha value is -1.59. The standard InChI is InChI=1S/C19H24ClNO4/c1-12-9-15(10-13(2)25-12)17(14-3-5-16(20)6-4-14)11-18(22)21-7-8-24-19(21)23/h3-6,12-13,15,17H,7-11H2,1-2H3. The van der Waals surface area contributed by atoms with Crippen LogP contribution in [0.3, 0.4) is 0 Å². The van der Waals surface area contributed by atoms with Crippen molar-refractivity contribution < 1.29 is 19.1 Å². The van der Waals surface area contributed by atoms with Gasteiger partial charge in [0.05, 0.1) is 18.8 Å². The minimum Gasteiger partial charge on any atom is -0.447 e. The molecule has 6 heteroatoms. The van der Waals surface area contributed by atoms with Crippen molar-refractivity contribution in [3.63, 3.8) is 0 Å². The molecule has 1 aromatic carbocycles. The lowest BCUT2D eigenvalue weighted by Gasteiger charge is -2.37. The quantitative estimate of drug-likeness (QED) is 0.809. The number of benzene rings is 1. The van der Waals surface area contributed by atoms with Crippen molar-refractivity contribution in [1.29, 1.82) is 0 Å². The summed E-state index contributed by atoms with van der Waals surface area (Å²) in [6.07, 6.45) is 1.88. The molecule has 25 heavy (non-hydrogen) atoms. The summed E-state index contributed by atoms with van der Waals surface area (Å²) in [5.74, 6) is 0.184. The summed E-state index contributed by atoms with van der Waals surface area (Å²) in [6.45, 7) is 4.76. The molecule has 0 aliphatic carbocycles. The van der Waals surface area contributed by atoms with Gasteiger partial charge in [-0.25, -0.2) is 9.69 Å². The lowest BCUT2D eigenvalue weighted by Crippen LogP contribution is -2.36. The van der Waals surface area contributed by atoms with Crippen LogP contribution in [0.2, 0.25) is 5.02 Å². The van der Waals surface area contributed by atoms with E-state index in [1.165, 1.54) is 4.90 Å². The Labute approximate surface area is 153 Å². The molecule has 5 nitrogen and oxygen atoms in total. The van der Waals surface area contributed by atoms with Crippen molar-refractivity contribution >= 4 is 23.6 Å². The maximum Gasteiger partial charge on any atom is 0.416 e. The highest BCUT2D eigenvalue weighted by molar-refractivity contribution is 6.30. The molecule has 0 bridgehead atoms. The maximum absolute atomic E-state index is 12.7. The molecule has 2 fully saturated rings. The second kappa shape index (κ2) is 7.75. The minimum absolute atomic E-state index is 0.0342. The fourth-order valence-corrected chi connectivity index (χ4v) is 4.10. The van der Waals surface area contributed by atoms with Gasteiger partial charge < -0.3 is 9.47 Å².